The molecule has 0 aliphatic carbocycles. The minimum Gasteiger partial charge on any atom is -0.358 e. The van der Waals surface area contributed by atoms with Crippen molar-refractivity contribution in [2.24, 2.45) is 0 Å². The van der Waals surface area contributed by atoms with Crippen LogP contribution < -0.4 is 5.32 Å². The van der Waals surface area contributed by atoms with E-state index < -0.39 is 21.9 Å². The van der Waals surface area contributed by atoms with Gasteiger partial charge in [-0.1, -0.05) is 0 Å². The largest absolute Gasteiger partial charge is 0.358 e. The van der Waals surface area contributed by atoms with Crippen molar-refractivity contribution in [3.05, 3.63) is 30.1 Å². The predicted molar refractivity (Wildman–Crippen MR) is 67.4 cm³/mol. The molecule has 7 heteroatoms. The zero-order valence-corrected chi connectivity index (χ0v) is 11.3. The van der Waals surface area contributed by atoms with Crippen molar-refractivity contribution in [3.63, 3.8) is 0 Å². The molecule has 1 aliphatic heterocycles. The first kappa shape index (κ1) is 14.0. The number of carbonyl (C=O) groups excluding carboxylic acids is 1. The Balaban J connectivity index is 2.33. The summed E-state index contributed by atoms with van der Waals surface area (Å²) in [7, 11) is -2.28. The molecule has 1 unspecified atom stereocenters. The monoisotopic (exact) mass is 286 g/mol. The Bertz CT molecular complexity index is 571. The maximum atomic E-state index is 12.8. The topological polar surface area (TPSA) is 66.5 Å². The fourth-order valence-corrected chi connectivity index (χ4v) is 3.85. The van der Waals surface area contributed by atoms with Crippen LogP contribution in [0.1, 0.15) is 12.8 Å². The van der Waals surface area contributed by atoms with Gasteiger partial charge in [-0.25, -0.2) is 12.8 Å². The van der Waals surface area contributed by atoms with Gasteiger partial charge in [0.2, 0.25) is 15.9 Å². The number of benzene rings is 1. The number of nitrogens with zero attached hydrogens (tertiary/aromatic N) is 1. The lowest BCUT2D eigenvalue weighted by atomic mass is 10.2. The van der Waals surface area contributed by atoms with Gasteiger partial charge in [0, 0.05) is 13.6 Å². The molecule has 1 fully saturated rings. The van der Waals surface area contributed by atoms with Crippen molar-refractivity contribution in [2.45, 2.75) is 23.8 Å². The second-order valence-electron chi connectivity index (χ2n) is 4.34. The Morgan fingerprint density at radius 3 is 2.58 bits per heavy atom. The van der Waals surface area contributed by atoms with Gasteiger partial charge < -0.3 is 5.32 Å². The Morgan fingerprint density at radius 2 is 2.00 bits per heavy atom. The van der Waals surface area contributed by atoms with E-state index in [1.165, 1.54) is 23.5 Å². The summed E-state index contributed by atoms with van der Waals surface area (Å²) in [5.74, 6) is -0.814. The highest BCUT2D eigenvalue weighted by Gasteiger charge is 2.38. The molecule has 1 atom stereocenters. The molecule has 0 spiro atoms. The van der Waals surface area contributed by atoms with Crippen LogP contribution in [-0.4, -0.2) is 38.3 Å². The number of nitrogens with one attached hydrogen (secondary N) is 1. The molecule has 104 valence electrons. The molecule has 0 saturated carbocycles. The zero-order valence-electron chi connectivity index (χ0n) is 10.5. The molecule has 19 heavy (non-hydrogen) atoms. The van der Waals surface area contributed by atoms with Crippen LogP contribution in [0.4, 0.5) is 4.39 Å². The van der Waals surface area contributed by atoms with E-state index >= 15 is 0 Å². The number of halogens is 1. The third-order valence-corrected chi connectivity index (χ3v) is 5.10. The van der Waals surface area contributed by atoms with Crippen molar-refractivity contribution in [3.8, 4) is 0 Å². The van der Waals surface area contributed by atoms with Crippen LogP contribution in [0, 0.1) is 5.82 Å². The summed E-state index contributed by atoms with van der Waals surface area (Å²) in [6.07, 6.45) is 1.14. The molecule has 0 bridgehead atoms. The van der Waals surface area contributed by atoms with Crippen LogP contribution in [0.15, 0.2) is 29.2 Å². The van der Waals surface area contributed by atoms with Crippen molar-refractivity contribution in [2.75, 3.05) is 13.6 Å². The molecule has 1 aliphatic rings. The van der Waals surface area contributed by atoms with E-state index in [0.717, 1.165) is 12.1 Å². The van der Waals surface area contributed by atoms with Gasteiger partial charge >= 0.3 is 0 Å². The molecule has 1 heterocycles. The van der Waals surface area contributed by atoms with Crippen LogP contribution in [0.25, 0.3) is 0 Å². The molecule has 0 aromatic heterocycles. The van der Waals surface area contributed by atoms with E-state index in [4.69, 9.17) is 0 Å². The molecule has 1 aromatic carbocycles. The summed E-state index contributed by atoms with van der Waals surface area (Å²) >= 11 is 0. The van der Waals surface area contributed by atoms with Gasteiger partial charge in [-0.15, -0.1) is 0 Å². The maximum Gasteiger partial charge on any atom is 0.243 e. The van der Waals surface area contributed by atoms with E-state index in [2.05, 4.69) is 5.32 Å². The number of sulfonamides is 1. The van der Waals surface area contributed by atoms with E-state index in [-0.39, 0.29) is 10.8 Å². The highest BCUT2D eigenvalue weighted by atomic mass is 32.2. The quantitative estimate of drug-likeness (QED) is 0.890. The van der Waals surface area contributed by atoms with E-state index in [1.807, 2.05) is 0 Å². The van der Waals surface area contributed by atoms with Crippen molar-refractivity contribution < 1.29 is 17.6 Å². The SMILES string of the molecule is CNC(=O)C1CCCN1S(=O)(=O)c1ccc(F)cc1. The molecule has 5 nitrogen and oxygen atoms in total. The lowest BCUT2D eigenvalue weighted by Gasteiger charge is -2.22. The van der Waals surface area contributed by atoms with Crippen LogP contribution in [0.5, 0.6) is 0 Å². The smallest absolute Gasteiger partial charge is 0.243 e. The molecule has 1 N–H and O–H groups in total. The molecular weight excluding hydrogens is 271 g/mol. The second-order valence-corrected chi connectivity index (χ2v) is 6.23. The molecule has 2 rings (SSSR count). The van der Waals surface area contributed by atoms with E-state index in [1.54, 1.807) is 0 Å². The van der Waals surface area contributed by atoms with Gasteiger partial charge in [0.05, 0.1) is 4.90 Å². The number of likely N-dealkylation sites (N-methyl/N-ethyl adjacent to an activating group) is 1. The number of amides is 1. The number of hydrogen-bond acceptors (Lipinski definition) is 3. The fourth-order valence-electron chi connectivity index (χ4n) is 2.20. The minimum atomic E-state index is -3.75. The highest BCUT2D eigenvalue weighted by molar-refractivity contribution is 7.89. The van der Waals surface area contributed by atoms with Gasteiger partial charge in [0.1, 0.15) is 11.9 Å². The summed E-state index contributed by atoms with van der Waals surface area (Å²) in [5.41, 5.74) is 0. The van der Waals surface area contributed by atoms with Gasteiger partial charge in [-0.3, -0.25) is 4.79 Å². The van der Waals surface area contributed by atoms with Crippen LogP contribution in [0.3, 0.4) is 0 Å². The normalized spacial score (nSPS) is 20.4. The predicted octanol–water partition coefficient (Wildman–Crippen LogP) is 0.725. The van der Waals surface area contributed by atoms with E-state index in [0.29, 0.717) is 19.4 Å². The Hall–Kier alpha value is -1.47. The van der Waals surface area contributed by atoms with Crippen LogP contribution >= 0.6 is 0 Å². The number of rotatable bonds is 3. The second kappa shape index (κ2) is 5.26. The molecule has 1 amide bonds. The Kier molecular flexibility index (Phi) is 3.86. The van der Waals surface area contributed by atoms with E-state index in [9.17, 15) is 17.6 Å². The molecule has 0 radical (unpaired) electrons. The van der Waals surface area contributed by atoms with Crippen molar-refractivity contribution in [1.82, 2.24) is 9.62 Å². The summed E-state index contributed by atoms with van der Waals surface area (Å²) in [6.45, 7) is 0.303. The summed E-state index contributed by atoms with van der Waals surface area (Å²) in [5, 5.41) is 2.46. The lowest BCUT2D eigenvalue weighted by Crippen LogP contribution is -2.44. The minimum absolute atomic E-state index is 0.00435. The average Bonchev–Trinajstić information content (AvgIpc) is 2.88. The Morgan fingerprint density at radius 1 is 1.37 bits per heavy atom. The first-order chi connectivity index (χ1) is 8.96. The van der Waals surface area contributed by atoms with Crippen molar-refractivity contribution >= 4 is 15.9 Å². The molecular formula is C12H15FN2O3S. The fraction of sp³-hybridized carbons (Fsp3) is 0.417. The van der Waals surface area contributed by atoms with Crippen molar-refractivity contribution in [1.29, 1.82) is 0 Å². The first-order valence-electron chi connectivity index (χ1n) is 5.96. The molecule has 1 saturated heterocycles. The number of hydrogen-bond donors (Lipinski definition) is 1. The summed E-state index contributed by atoms with van der Waals surface area (Å²) < 4.78 is 38.8. The maximum absolute atomic E-state index is 12.8. The third-order valence-electron chi connectivity index (χ3n) is 3.17. The standard InChI is InChI=1S/C12H15FN2O3S/c1-14-12(16)11-3-2-8-15(11)19(17,18)10-6-4-9(13)5-7-10/h4-7,11H,2-3,8H2,1H3,(H,14,16). The van der Waals surface area contributed by atoms with Crippen LogP contribution in [-0.2, 0) is 14.8 Å². The highest BCUT2D eigenvalue weighted by Crippen LogP contribution is 2.26. The average molecular weight is 286 g/mol. The van der Waals surface area contributed by atoms with Gasteiger partial charge in [0.15, 0.2) is 0 Å². The first-order valence-corrected chi connectivity index (χ1v) is 7.40. The molecule has 1 aromatic rings. The Labute approximate surface area is 111 Å². The number of carbonyl (C=O) groups is 1. The summed E-state index contributed by atoms with van der Waals surface area (Å²) in [4.78, 5) is 11.7. The van der Waals surface area contributed by atoms with Gasteiger partial charge in [-0.05, 0) is 37.1 Å². The van der Waals surface area contributed by atoms with Gasteiger partial charge in [-0.2, -0.15) is 4.31 Å². The summed E-state index contributed by atoms with van der Waals surface area (Å²) in [6, 6.07) is 3.93. The third kappa shape index (κ3) is 2.62. The van der Waals surface area contributed by atoms with Crippen LogP contribution in [0.2, 0.25) is 0 Å². The van der Waals surface area contributed by atoms with Gasteiger partial charge in [0.25, 0.3) is 0 Å². The lowest BCUT2D eigenvalue weighted by molar-refractivity contribution is -0.123. The zero-order chi connectivity index (χ0) is 14.0.